The summed E-state index contributed by atoms with van der Waals surface area (Å²) in [5.74, 6) is -1.09. The van der Waals surface area contributed by atoms with Crippen molar-refractivity contribution in [2.45, 2.75) is 26.3 Å². The van der Waals surface area contributed by atoms with Crippen molar-refractivity contribution >= 4 is 0 Å². The lowest BCUT2D eigenvalue weighted by atomic mass is 9.99. The second kappa shape index (κ2) is 6.13. The van der Waals surface area contributed by atoms with Gasteiger partial charge in [0.15, 0.2) is 0 Å². The smallest absolute Gasteiger partial charge is 0.126 e. The molecule has 0 fully saturated rings. The molecule has 1 N–H and O–H groups in total. The monoisotopic (exact) mass is 279 g/mol. The van der Waals surface area contributed by atoms with Gasteiger partial charge in [0.1, 0.15) is 11.6 Å². The van der Waals surface area contributed by atoms with Crippen molar-refractivity contribution in [3.63, 3.8) is 0 Å². The summed E-state index contributed by atoms with van der Waals surface area (Å²) in [5.41, 5.74) is 2.74. The zero-order valence-electron chi connectivity index (χ0n) is 12.0. The van der Waals surface area contributed by atoms with Crippen LogP contribution in [0.5, 0.6) is 0 Å². The van der Waals surface area contributed by atoms with Gasteiger partial charge in [0.05, 0.1) is 6.20 Å². The minimum atomic E-state index is -0.543. The van der Waals surface area contributed by atoms with E-state index >= 15 is 0 Å². The Morgan fingerprint density at radius 2 is 1.90 bits per heavy atom. The molecular weight excluding hydrogens is 260 g/mol. The number of likely N-dealkylation sites (N-methyl/N-ethyl adjacent to an activating group) is 1. The highest BCUT2D eigenvalue weighted by Gasteiger charge is 2.17. The molecule has 1 aromatic heterocycles. The lowest BCUT2D eigenvalue weighted by molar-refractivity contribution is 0.536. The molecule has 0 amide bonds. The number of nitrogens with one attached hydrogen (secondary N) is 1. The van der Waals surface area contributed by atoms with Gasteiger partial charge in [-0.3, -0.25) is 4.68 Å². The molecule has 0 saturated heterocycles. The van der Waals surface area contributed by atoms with Crippen molar-refractivity contribution in [2.75, 3.05) is 6.54 Å². The van der Waals surface area contributed by atoms with E-state index in [-0.39, 0.29) is 6.04 Å². The van der Waals surface area contributed by atoms with Crippen LogP contribution in [0.3, 0.4) is 0 Å². The lowest BCUT2D eigenvalue weighted by Crippen LogP contribution is -2.23. The van der Waals surface area contributed by atoms with Crippen molar-refractivity contribution in [1.82, 2.24) is 15.1 Å². The van der Waals surface area contributed by atoms with Gasteiger partial charge in [-0.1, -0.05) is 6.92 Å². The zero-order valence-corrected chi connectivity index (χ0v) is 12.0. The fraction of sp³-hybridized carbons (Fsp3) is 0.400. The van der Waals surface area contributed by atoms with E-state index in [1.54, 1.807) is 10.9 Å². The quantitative estimate of drug-likeness (QED) is 0.912. The van der Waals surface area contributed by atoms with Gasteiger partial charge in [-0.2, -0.15) is 5.10 Å². The molecule has 0 aliphatic rings. The van der Waals surface area contributed by atoms with Crippen molar-refractivity contribution in [2.24, 2.45) is 7.05 Å². The first-order chi connectivity index (χ1) is 9.51. The van der Waals surface area contributed by atoms with Crippen LogP contribution in [0.1, 0.15) is 29.8 Å². The maximum Gasteiger partial charge on any atom is 0.126 e. The SMILES string of the molecule is CCNC(Cc1cc(F)cc(F)c1)c1cnn(C)c1C. The van der Waals surface area contributed by atoms with Crippen molar-refractivity contribution < 1.29 is 8.78 Å². The van der Waals surface area contributed by atoms with Crippen LogP contribution < -0.4 is 5.32 Å². The molecule has 1 heterocycles. The van der Waals surface area contributed by atoms with Crippen LogP contribution in [0.4, 0.5) is 8.78 Å². The normalized spacial score (nSPS) is 12.7. The van der Waals surface area contributed by atoms with Gasteiger partial charge in [-0.25, -0.2) is 8.78 Å². The van der Waals surface area contributed by atoms with E-state index < -0.39 is 11.6 Å². The maximum atomic E-state index is 13.3. The Balaban J connectivity index is 2.27. The van der Waals surface area contributed by atoms with Gasteiger partial charge < -0.3 is 5.32 Å². The highest BCUT2D eigenvalue weighted by atomic mass is 19.1. The fourth-order valence-electron chi connectivity index (χ4n) is 2.36. The van der Waals surface area contributed by atoms with E-state index in [0.29, 0.717) is 12.0 Å². The van der Waals surface area contributed by atoms with Crippen molar-refractivity contribution in [1.29, 1.82) is 0 Å². The fourth-order valence-corrected chi connectivity index (χ4v) is 2.36. The van der Waals surface area contributed by atoms with E-state index in [4.69, 9.17) is 0 Å². The molecule has 0 aliphatic heterocycles. The molecule has 0 aliphatic carbocycles. The predicted molar refractivity (Wildman–Crippen MR) is 74.4 cm³/mol. The molecule has 2 rings (SSSR count). The summed E-state index contributed by atoms with van der Waals surface area (Å²) in [5, 5.41) is 7.57. The Kier molecular flexibility index (Phi) is 4.49. The first-order valence-corrected chi connectivity index (χ1v) is 6.68. The van der Waals surface area contributed by atoms with Crippen LogP contribution in [0.25, 0.3) is 0 Å². The third-order valence-corrected chi connectivity index (χ3v) is 3.46. The summed E-state index contributed by atoms with van der Waals surface area (Å²) in [7, 11) is 1.88. The second-order valence-electron chi connectivity index (χ2n) is 4.90. The van der Waals surface area contributed by atoms with E-state index in [9.17, 15) is 8.78 Å². The molecule has 0 radical (unpaired) electrons. The number of benzene rings is 1. The molecule has 5 heteroatoms. The number of nitrogens with zero attached hydrogens (tertiary/aromatic N) is 2. The molecule has 20 heavy (non-hydrogen) atoms. The molecule has 108 valence electrons. The van der Waals surface area contributed by atoms with Crippen molar-refractivity contribution in [3.05, 3.63) is 52.9 Å². The van der Waals surface area contributed by atoms with E-state index in [1.807, 2.05) is 20.9 Å². The van der Waals surface area contributed by atoms with Crippen LogP contribution in [-0.2, 0) is 13.5 Å². The minimum absolute atomic E-state index is 0.00472. The number of aromatic nitrogens is 2. The Labute approximate surface area is 117 Å². The maximum absolute atomic E-state index is 13.3. The Morgan fingerprint density at radius 1 is 1.25 bits per heavy atom. The molecule has 1 atom stereocenters. The van der Waals surface area contributed by atoms with Crippen LogP contribution in [0.2, 0.25) is 0 Å². The number of rotatable bonds is 5. The molecular formula is C15H19F2N3. The van der Waals surface area contributed by atoms with Gasteiger partial charge in [-0.05, 0) is 37.6 Å². The topological polar surface area (TPSA) is 29.9 Å². The third kappa shape index (κ3) is 3.22. The van der Waals surface area contributed by atoms with E-state index in [0.717, 1.165) is 23.9 Å². The van der Waals surface area contributed by atoms with Gasteiger partial charge in [-0.15, -0.1) is 0 Å². The lowest BCUT2D eigenvalue weighted by Gasteiger charge is -2.18. The average Bonchev–Trinajstić information content (AvgIpc) is 2.68. The van der Waals surface area contributed by atoms with Crippen LogP contribution in [-0.4, -0.2) is 16.3 Å². The molecule has 1 aromatic carbocycles. The first-order valence-electron chi connectivity index (χ1n) is 6.68. The first kappa shape index (κ1) is 14.7. The van der Waals surface area contributed by atoms with E-state index in [2.05, 4.69) is 10.4 Å². The highest BCUT2D eigenvalue weighted by molar-refractivity contribution is 5.25. The Bertz CT molecular complexity index is 573. The van der Waals surface area contributed by atoms with Crippen LogP contribution in [0.15, 0.2) is 24.4 Å². The molecule has 3 nitrogen and oxygen atoms in total. The third-order valence-electron chi connectivity index (χ3n) is 3.46. The minimum Gasteiger partial charge on any atom is -0.310 e. The summed E-state index contributed by atoms with van der Waals surface area (Å²) in [6.07, 6.45) is 2.33. The summed E-state index contributed by atoms with van der Waals surface area (Å²) < 4.78 is 28.3. The van der Waals surface area contributed by atoms with Gasteiger partial charge in [0.2, 0.25) is 0 Å². The molecule has 0 spiro atoms. The number of hydrogen-bond donors (Lipinski definition) is 1. The number of halogens is 2. The molecule has 2 aromatic rings. The standard InChI is InChI=1S/C15H19F2N3/c1-4-18-15(14-9-19-20(3)10(14)2)7-11-5-12(16)8-13(17)6-11/h5-6,8-9,15,18H,4,7H2,1-3H3. The molecule has 1 unspecified atom stereocenters. The van der Waals surface area contributed by atoms with E-state index in [1.165, 1.54) is 12.1 Å². The highest BCUT2D eigenvalue weighted by Crippen LogP contribution is 2.22. The number of hydrogen-bond acceptors (Lipinski definition) is 2. The Morgan fingerprint density at radius 3 is 2.40 bits per heavy atom. The van der Waals surface area contributed by atoms with Gasteiger partial charge in [0, 0.05) is 30.4 Å². The van der Waals surface area contributed by atoms with Gasteiger partial charge >= 0.3 is 0 Å². The van der Waals surface area contributed by atoms with Gasteiger partial charge in [0.25, 0.3) is 0 Å². The van der Waals surface area contributed by atoms with Crippen LogP contribution >= 0.6 is 0 Å². The summed E-state index contributed by atoms with van der Waals surface area (Å²) in [6.45, 7) is 4.76. The largest absolute Gasteiger partial charge is 0.310 e. The summed E-state index contributed by atoms with van der Waals surface area (Å²) >= 11 is 0. The summed E-state index contributed by atoms with van der Waals surface area (Å²) in [6, 6.07) is 3.63. The number of aryl methyl sites for hydroxylation is 1. The van der Waals surface area contributed by atoms with Crippen molar-refractivity contribution in [3.8, 4) is 0 Å². The average molecular weight is 279 g/mol. The Hall–Kier alpha value is -1.75. The summed E-state index contributed by atoms with van der Waals surface area (Å²) in [4.78, 5) is 0. The van der Waals surface area contributed by atoms with Crippen LogP contribution in [0, 0.1) is 18.6 Å². The molecule has 0 bridgehead atoms. The second-order valence-corrected chi connectivity index (χ2v) is 4.90. The molecule has 0 saturated carbocycles. The zero-order chi connectivity index (χ0) is 14.7. The predicted octanol–water partition coefficient (Wildman–Crippen LogP) is 2.90.